The van der Waals surface area contributed by atoms with Gasteiger partial charge >= 0.3 is 8.80 Å². The van der Waals surface area contributed by atoms with E-state index in [1.54, 1.807) is 0 Å². The van der Waals surface area contributed by atoms with Gasteiger partial charge in [-0.05, 0) is 33.6 Å². The summed E-state index contributed by atoms with van der Waals surface area (Å²) in [6, 6.07) is 0.836. The van der Waals surface area contributed by atoms with Gasteiger partial charge in [-0.25, -0.2) is 0 Å². The maximum absolute atomic E-state index is 5.75. The van der Waals surface area contributed by atoms with Crippen LogP contribution in [-0.2, 0) is 13.3 Å². The monoisotopic (exact) mass is 302 g/mol. The van der Waals surface area contributed by atoms with E-state index >= 15 is 0 Å². The standard InChI is InChI=1S/C11H24Cl2O3Si/c1-4-14-17(15-5-2,16-6-3)10-8-7-9-11(12)13/h11H,4-10H2,1-3H3. The van der Waals surface area contributed by atoms with E-state index in [0.717, 1.165) is 25.3 Å². The first-order chi connectivity index (χ1) is 8.10. The van der Waals surface area contributed by atoms with Crippen molar-refractivity contribution in [3.63, 3.8) is 0 Å². The van der Waals surface area contributed by atoms with Crippen molar-refractivity contribution in [1.29, 1.82) is 0 Å². The van der Waals surface area contributed by atoms with Crippen molar-refractivity contribution in [3.8, 4) is 0 Å². The van der Waals surface area contributed by atoms with Crippen LogP contribution in [0, 0.1) is 0 Å². The smallest absolute Gasteiger partial charge is 0.374 e. The Morgan fingerprint density at radius 2 is 1.35 bits per heavy atom. The number of hydrogen-bond donors (Lipinski definition) is 0. The molecule has 104 valence electrons. The summed E-state index contributed by atoms with van der Waals surface area (Å²) in [6.07, 6.45) is 2.75. The van der Waals surface area contributed by atoms with Gasteiger partial charge in [-0.15, -0.1) is 23.2 Å². The summed E-state index contributed by atoms with van der Waals surface area (Å²) in [7, 11) is -2.45. The van der Waals surface area contributed by atoms with Crippen LogP contribution in [0.5, 0.6) is 0 Å². The Balaban J connectivity index is 4.14. The fourth-order valence-corrected chi connectivity index (χ4v) is 4.64. The van der Waals surface area contributed by atoms with Gasteiger partial charge in [-0.1, -0.05) is 6.42 Å². The highest BCUT2D eigenvalue weighted by Crippen LogP contribution is 2.21. The third kappa shape index (κ3) is 8.40. The molecule has 0 spiro atoms. The molecule has 0 N–H and O–H groups in total. The van der Waals surface area contributed by atoms with E-state index in [2.05, 4.69) is 0 Å². The zero-order valence-electron chi connectivity index (χ0n) is 11.0. The van der Waals surface area contributed by atoms with Gasteiger partial charge in [0.15, 0.2) is 0 Å². The molecule has 0 aromatic rings. The van der Waals surface area contributed by atoms with Crippen LogP contribution in [0.3, 0.4) is 0 Å². The van der Waals surface area contributed by atoms with E-state index in [4.69, 9.17) is 36.5 Å². The van der Waals surface area contributed by atoms with Gasteiger partial charge in [0, 0.05) is 25.9 Å². The van der Waals surface area contributed by atoms with Gasteiger partial charge in [-0.3, -0.25) is 0 Å². The fraction of sp³-hybridized carbons (Fsp3) is 1.00. The van der Waals surface area contributed by atoms with Crippen molar-refractivity contribution < 1.29 is 13.3 Å². The van der Waals surface area contributed by atoms with E-state index in [1.807, 2.05) is 20.8 Å². The lowest BCUT2D eigenvalue weighted by atomic mass is 10.3. The minimum Gasteiger partial charge on any atom is -0.374 e. The molecule has 0 rings (SSSR count). The molecule has 0 fully saturated rings. The van der Waals surface area contributed by atoms with E-state index in [0.29, 0.717) is 19.8 Å². The molecule has 0 aliphatic carbocycles. The second kappa shape index (κ2) is 10.6. The van der Waals surface area contributed by atoms with Gasteiger partial charge in [-0.2, -0.15) is 0 Å². The Morgan fingerprint density at radius 3 is 1.71 bits per heavy atom. The van der Waals surface area contributed by atoms with Crippen LogP contribution in [0.4, 0.5) is 0 Å². The Bertz CT molecular complexity index is 165. The van der Waals surface area contributed by atoms with Gasteiger partial charge < -0.3 is 13.3 Å². The minimum atomic E-state index is -2.45. The maximum Gasteiger partial charge on any atom is 0.500 e. The molecular formula is C11H24Cl2O3Si. The van der Waals surface area contributed by atoms with Crippen LogP contribution in [0.25, 0.3) is 0 Å². The Morgan fingerprint density at radius 1 is 0.882 bits per heavy atom. The van der Waals surface area contributed by atoms with Crippen LogP contribution < -0.4 is 0 Å². The quantitative estimate of drug-likeness (QED) is 0.328. The molecule has 0 unspecified atom stereocenters. The number of unbranched alkanes of at least 4 members (excludes halogenated alkanes) is 1. The molecule has 17 heavy (non-hydrogen) atoms. The molecule has 3 nitrogen and oxygen atoms in total. The molecule has 0 amide bonds. The first-order valence-corrected chi connectivity index (χ1v) is 9.10. The maximum atomic E-state index is 5.75. The minimum absolute atomic E-state index is 0.280. The third-order valence-corrected chi connectivity index (χ3v) is 5.84. The lowest BCUT2D eigenvalue weighted by Crippen LogP contribution is -2.45. The van der Waals surface area contributed by atoms with Gasteiger partial charge in [0.2, 0.25) is 0 Å². The summed E-state index contributed by atoms with van der Waals surface area (Å²) in [5.74, 6) is 0. The number of alkyl halides is 2. The Labute approximate surface area is 116 Å². The molecule has 0 atom stereocenters. The Hall–Kier alpha value is 0.677. The van der Waals surface area contributed by atoms with Crippen molar-refractivity contribution in [3.05, 3.63) is 0 Å². The number of hydrogen-bond acceptors (Lipinski definition) is 3. The summed E-state index contributed by atoms with van der Waals surface area (Å²) in [5.41, 5.74) is 0. The largest absolute Gasteiger partial charge is 0.500 e. The molecule has 0 radical (unpaired) electrons. The molecule has 0 aromatic carbocycles. The van der Waals surface area contributed by atoms with Crippen LogP contribution in [0.1, 0.15) is 40.0 Å². The number of rotatable bonds is 11. The van der Waals surface area contributed by atoms with Crippen molar-refractivity contribution in [2.75, 3.05) is 19.8 Å². The summed E-state index contributed by atoms with van der Waals surface area (Å²) in [4.78, 5) is -0.280. The molecular weight excluding hydrogens is 279 g/mol. The van der Waals surface area contributed by atoms with E-state index in [-0.39, 0.29) is 4.84 Å². The summed E-state index contributed by atoms with van der Waals surface area (Å²) < 4.78 is 17.2. The zero-order valence-corrected chi connectivity index (χ0v) is 13.5. The highest BCUT2D eigenvalue weighted by Gasteiger charge is 2.39. The molecule has 0 bridgehead atoms. The van der Waals surface area contributed by atoms with Crippen LogP contribution >= 0.6 is 23.2 Å². The molecule has 0 saturated carbocycles. The highest BCUT2D eigenvalue weighted by atomic mass is 35.5. The summed E-state index contributed by atoms with van der Waals surface area (Å²) in [6.45, 7) is 7.77. The topological polar surface area (TPSA) is 27.7 Å². The van der Waals surface area contributed by atoms with Crippen molar-refractivity contribution in [1.82, 2.24) is 0 Å². The van der Waals surface area contributed by atoms with E-state index < -0.39 is 8.80 Å². The lowest BCUT2D eigenvalue weighted by molar-refractivity contribution is 0.0706. The second-order valence-corrected chi connectivity index (χ2v) is 7.63. The highest BCUT2D eigenvalue weighted by molar-refractivity contribution is 6.60. The molecule has 0 aromatic heterocycles. The first kappa shape index (κ1) is 17.7. The second-order valence-electron chi connectivity index (χ2n) is 3.62. The van der Waals surface area contributed by atoms with Crippen LogP contribution in [0.15, 0.2) is 0 Å². The fourth-order valence-electron chi connectivity index (χ4n) is 1.64. The predicted octanol–water partition coefficient (Wildman–Crippen LogP) is 4.01. The third-order valence-electron chi connectivity index (χ3n) is 2.25. The molecule has 6 heteroatoms. The lowest BCUT2D eigenvalue weighted by Gasteiger charge is -2.28. The van der Waals surface area contributed by atoms with E-state index in [1.165, 1.54) is 0 Å². The van der Waals surface area contributed by atoms with Crippen molar-refractivity contribution in [2.45, 2.75) is 50.9 Å². The SMILES string of the molecule is CCO[Si](CCCCC(Cl)Cl)(OCC)OCC. The zero-order chi connectivity index (χ0) is 13.1. The van der Waals surface area contributed by atoms with E-state index in [9.17, 15) is 0 Å². The number of halogens is 2. The first-order valence-electron chi connectivity index (χ1n) is 6.30. The van der Waals surface area contributed by atoms with Gasteiger partial charge in [0.1, 0.15) is 4.84 Å². The predicted molar refractivity (Wildman–Crippen MR) is 74.8 cm³/mol. The molecule has 0 aliphatic heterocycles. The molecule has 0 aliphatic rings. The summed E-state index contributed by atoms with van der Waals surface area (Å²) in [5, 5.41) is 0. The normalized spacial score (nSPS) is 12.4. The van der Waals surface area contributed by atoms with Crippen molar-refractivity contribution >= 4 is 32.0 Å². The van der Waals surface area contributed by atoms with Crippen molar-refractivity contribution in [2.24, 2.45) is 0 Å². The Kier molecular flexibility index (Phi) is 11.0. The van der Waals surface area contributed by atoms with Crippen LogP contribution in [0.2, 0.25) is 6.04 Å². The average Bonchev–Trinajstić information content (AvgIpc) is 2.25. The molecule has 0 heterocycles. The van der Waals surface area contributed by atoms with Crippen LogP contribution in [-0.4, -0.2) is 33.5 Å². The van der Waals surface area contributed by atoms with Gasteiger partial charge in [0.25, 0.3) is 0 Å². The summed E-state index contributed by atoms with van der Waals surface area (Å²) >= 11 is 11.4. The van der Waals surface area contributed by atoms with Gasteiger partial charge in [0.05, 0.1) is 0 Å². The average molecular weight is 303 g/mol. The molecule has 0 saturated heterocycles.